The van der Waals surface area contributed by atoms with Crippen molar-refractivity contribution in [3.8, 4) is 5.75 Å². The van der Waals surface area contributed by atoms with E-state index in [9.17, 15) is 9.90 Å². The van der Waals surface area contributed by atoms with Crippen LogP contribution in [0.3, 0.4) is 0 Å². The SMILES string of the molecule is CC(=O)SCCC=Cc1nc(C)ccc1O. The van der Waals surface area contributed by atoms with Crippen LogP contribution >= 0.6 is 11.8 Å². The first kappa shape index (κ1) is 12.8. The van der Waals surface area contributed by atoms with Gasteiger partial charge in [-0.1, -0.05) is 17.8 Å². The molecule has 3 nitrogen and oxygen atoms in total. The molecule has 0 aliphatic rings. The van der Waals surface area contributed by atoms with Crippen LogP contribution in [0.15, 0.2) is 18.2 Å². The number of nitrogens with zero attached hydrogens (tertiary/aromatic N) is 1. The van der Waals surface area contributed by atoms with Gasteiger partial charge in [0.05, 0.1) is 0 Å². The van der Waals surface area contributed by atoms with Gasteiger partial charge in [-0.05, 0) is 31.6 Å². The van der Waals surface area contributed by atoms with Crippen molar-refractivity contribution in [2.24, 2.45) is 0 Å². The van der Waals surface area contributed by atoms with Crippen LogP contribution in [0.4, 0.5) is 0 Å². The number of carbonyl (C=O) groups excluding carboxylic acids is 1. The van der Waals surface area contributed by atoms with Crippen LogP contribution in [0.1, 0.15) is 24.7 Å². The average Bonchev–Trinajstić information content (AvgIpc) is 2.22. The second-order valence-electron chi connectivity index (χ2n) is 3.39. The van der Waals surface area contributed by atoms with Crippen molar-refractivity contribution >= 4 is 23.0 Å². The Kier molecular flexibility index (Phi) is 5.05. The van der Waals surface area contributed by atoms with E-state index >= 15 is 0 Å². The van der Waals surface area contributed by atoms with Crippen LogP contribution < -0.4 is 0 Å². The summed E-state index contributed by atoms with van der Waals surface area (Å²) in [6, 6.07) is 3.39. The molecule has 1 heterocycles. The van der Waals surface area contributed by atoms with Gasteiger partial charge in [0.1, 0.15) is 11.4 Å². The average molecular weight is 237 g/mol. The summed E-state index contributed by atoms with van der Waals surface area (Å²) in [5, 5.41) is 9.64. The van der Waals surface area contributed by atoms with E-state index < -0.39 is 0 Å². The van der Waals surface area contributed by atoms with Crippen LogP contribution in [-0.4, -0.2) is 21.0 Å². The highest BCUT2D eigenvalue weighted by atomic mass is 32.2. The van der Waals surface area contributed by atoms with Crippen molar-refractivity contribution in [3.63, 3.8) is 0 Å². The quantitative estimate of drug-likeness (QED) is 0.818. The summed E-state index contributed by atoms with van der Waals surface area (Å²) in [6.45, 7) is 3.44. The number of allylic oxidation sites excluding steroid dienone is 1. The van der Waals surface area contributed by atoms with E-state index in [1.165, 1.54) is 11.8 Å². The molecule has 0 atom stereocenters. The Morgan fingerprint density at radius 2 is 2.31 bits per heavy atom. The molecule has 0 saturated heterocycles. The number of thioether (sulfide) groups is 1. The Labute approximate surface area is 99.6 Å². The molecule has 0 aliphatic carbocycles. The van der Waals surface area contributed by atoms with Crippen LogP contribution in [0.25, 0.3) is 6.08 Å². The van der Waals surface area contributed by atoms with Gasteiger partial charge in [-0.2, -0.15) is 0 Å². The number of hydrogen-bond donors (Lipinski definition) is 1. The standard InChI is InChI=1S/C12H15NO2S/c1-9-6-7-12(15)11(13-9)5-3-4-8-16-10(2)14/h3,5-7,15H,4,8H2,1-2H3. The van der Waals surface area contributed by atoms with Crippen molar-refractivity contribution < 1.29 is 9.90 Å². The molecular formula is C12H15NO2S. The first-order valence-electron chi connectivity index (χ1n) is 5.06. The number of aryl methyl sites for hydroxylation is 1. The number of pyridine rings is 1. The van der Waals surface area contributed by atoms with Gasteiger partial charge >= 0.3 is 0 Å². The molecule has 1 rings (SSSR count). The lowest BCUT2D eigenvalue weighted by atomic mass is 10.2. The monoisotopic (exact) mass is 237 g/mol. The van der Waals surface area contributed by atoms with E-state index in [4.69, 9.17) is 0 Å². The van der Waals surface area contributed by atoms with E-state index in [-0.39, 0.29) is 10.9 Å². The zero-order valence-electron chi connectivity index (χ0n) is 9.43. The zero-order chi connectivity index (χ0) is 12.0. The van der Waals surface area contributed by atoms with Crippen molar-refractivity contribution in [2.45, 2.75) is 20.3 Å². The summed E-state index contributed by atoms with van der Waals surface area (Å²) >= 11 is 1.30. The molecule has 0 aromatic carbocycles. The first-order chi connectivity index (χ1) is 7.59. The summed E-state index contributed by atoms with van der Waals surface area (Å²) in [5.74, 6) is 0.944. The Morgan fingerprint density at radius 3 is 3.00 bits per heavy atom. The maximum absolute atomic E-state index is 10.7. The normalized spacial score (nSPS) is 10.9. The fraction of sp³-hybridized carbons (Fsp3) is 0.333. The molecule has 0 bridgehead atoms. The molecule has 1 aromatic rings. The van der Waals surface area contributed by atoms with Gasteiger partial charge in [0.2, 0.25) is 0 Å². The summed E-state index contributed by atoms with van der Waals surface area (Å²) in [6.07, 6.45) is 4.49. The van der Waals surface area contributed by atoms with E-state index in [2.05, 4.69) is 4.98 Å². The minimum Gasteiger partial charge on any atom is -0.506 e. The van der Waals surface area contributed by atoms with Gasteiger partial charge < -0.3 is 5.11 Å². The lowest BCUT2D eigenvalue weighted by Crippen LogP contribution is -1.86. The highest BCUT2D eigenvalue weighted by Crippen LogP contribution is 2.16. The molecule has 0 fully saturated rings. The molecule has 0 aliphatic heterocycles. The van der Waals surface area contributed by atoms with E-state index in [1.807, 2.05) is 13.0 Å². The van der Waals surface area contributed by atoms with Crippen LogP contribution in [-0.2, 0) is 4.79 Å². The highest BCUT2D eigenvalue weighted by Gasteiger charge is 1.98. The fourth-order valence-corrected chi connectivity index (χ4v) is 1.70. The Morgan fingerprint density at radius 1 is 1.56 bits per heavy atom. The lowest BCUT2D eigenvalue weighted by Gasteiger charge is -1.99. The van der Waals surface area contributed by atoms with Crippen LogP contribution in [0.2, 0.25) is 0 Å². The van der Waals surface area contributed by atoms with E-state index in [1.54, 1.807) is 25.1 Å². The Bertz CT molecular complexity index is 402. The highest BCUT2D eigenvalue weighted by molar-refractivity contribution is 8.13. The van der Waals surface area contributed by atoms with Gasteiger partial charge in [-0.15, -0.1) is 0 Å². The summed E-state index contributed by atoms with van der Waals surface area (Å²) in [7, 11) is 0. The smallest absolute Gasteiger partial charge is 0.185 e. The number of hydrogen-bond acceptors (Lipinski definition) is 4. The number of aromatic nitrogens is 1. The third-order valence-corrected chi connectivity index (χ3v) is 2.75. The molecule has 0 unspecified atom stereocenters. The van der Waals surface area contributed by atoms with Crippen molar-refractivity contribution in [1.82, 2.24) is 4.98 Å². The molecule has 16 heavy (non-hydrogen) atoms. The van der Waals surface area contributed by atoms with Crippen LogP contribution in [0, 0.1) is 6.92 Å². The molecule has 0 amide bonds. The summed E-state index contributed by atoms with van der Waals surface area (Å²) in [5.41, 5.74) is 1.45. The first-order valence-corrected chi connectivity index (χ1v) is 6.04. The fourth-order valence-electron chi connectivity index (χ4n) is 1.16. The van der Waals surface area contributed by atoms with E-state index in [0.29, 0.717) is 5.69 Å². The zero-order valence-corrected chi connectivity index (χ0v) is 10.3. The lowest BCUT2D eigenvalue weighted by molar-refractivity contribution is -0.109. The molecule has 0 saturated carbocycles. The van der Waals surface area contributed by atoms with Gasteiger partial charge in [0, 0.05) is 18.4 Å². The van der Waals surface area contributed by atoms with Gasteiger partial charge in [0.25, 0.3) is 0 Å². The number of rotatable bonds is 4. The Balaban J connectivity index is 2.49. The minimum atomic E-state index is 0.130. The molecule has 0 spiro atoms. The molecular weight excluding hydrogens is 222 g/mol. The molecule has 0 radical (unpaired) electrons. The molecule has 1 N–H and O–H groups in total. The minimum absolute atomic E-state index is 0.130. The van der Waals surface area contributed by atoms with Gasteiger partial charge in [0.15, 0.2) is 5.12 Å². The largest absolute Gasteiger partial charge is 0.506 e. The summed E-state index contributed by atoms with van der Waals surface area (Å²) < 4.78 is 0. The van der Waals surface area contributed by atoms with Crippen molar-refractivity contribution in [2.75, 3.05) is 5.75 Å². The number of carbonyl (C=O) groups is 1. The predicted molar refractivity (Wildman–Crippen MR) is 67.4 cm³/mol. The predicted octanol–water partition coefficient (Wildman–Crippen LogP) is 2.78. The maximum Gasteiger partial charge on any atom is 0.185 e. The van der Waals surface area contributed by atoms with Gasteiger partial charge in [-0.3, -0.25) is 4.79 Å². The second-order valence-corrected chi connectivity index (χ2v) is 4.66. The van der Waals surface area contributed by atoms with Crippen molar-refractivity contribution in [3.05, 3.63) is 29.6 Å². The molecule has 1 aromatic heterocycles. The van der Waals surface area contributed by atoms with Gasteiger partial charge in [-0.25, -0.2) is 4.98 Å². The van der Waals surface area contributed by atoms with Crippen LogP contribution in [0.5, 0.6) is 5.75 Å². The van der Waals surface area contributed by atoms with E-state index in [0.717, 1.165) is 17.9 Å². The topological polar surface area (TPSA) is 50.2 Å². The molecule has 86 valence electrons. The maximum atomic E-state index is 10.7. The van der Waals surface area contributed by atoms with Crippen molar-refractivity contribution in [1.29, 1.82) is 0 Å². The third kappa shape index (κ3) is 4.49. The second kappa shape index (κ2) is 6.33. The third-order valence-electron chi connectivity index (χ3n) is 1.91. The molecule has 4 heteroatoms. The number of aromatic hydroxyl groups is 1. The summed E-state index contributed by atoms with van der Waals surface area (Å²) in [4.78, 5) is 14.9. The Hall–Kier alpha value is -1.29.